The molecule has 5 rings (SSSR count). The topological polar surface area (TPSA) is 87.1 Å². The Bertz CT molecular complexity index is 1510. The van der Waals surface area contributed by atoms with Gasteiger partial charge in [-0.05, 0) is 35.4 Å². The van der Waals surface area contributed by atoms with E-state index in [1.54, 1.807) is 18.2 Å². The van der Waals surface area contributed by atoms with Gasteiger partial charge in [0.2, 0.25) is 5.95 Å². The van der Waals surface area contributed by atoms with Crippen molar-refractivity contribution in [2.75, 3.05) is 11.5 Å². The first-order valence-electron chi connectivity index (χ1n) is 9.61. The number of nitrogens with two attached hydrogens (primary N) is 2. The van der Waals surface area contributed by atoms with Crippen molar-refractivity contribution in [2.24, 2.45) is 0 Å². The summed E-state index contributed by atoms with van der Waals surface area (Å²) in [5, 5.41) is 1.61. The summed E-state index contributed by atoms with van der Waals surface area (Å²) in [5.74, 6) is 0.126. The summed E-state index contributed by atoms with van der Waals surface area (Å²) in [6, 6.07) is 18.0. The number of nitrogens with zero attached hydrogens (tertiary/aromatic N) is 4. The molecule has 2 aromatic heterocycles. The molecule has 0 amide bonds. The number of benzene rings is 3. The van der Waals surface area contributed by atoms with E-state index in [0.29, 0.717) is 34.7 Å². The minimum Gasteiger partial charge on any atom is -0.383 e. The molecule has 4 N–H and O–H groups in total. The van der Waals surface area contributed by atoms with Crippen LogP contribution in [-0.4, -0.2) is 14.5 Å². The van der Waals surface area contributed by atoms with Gasteiger partial charge in [-0.15, -0.1) is 0 Å². The van der Waals surface area contributed by atoms with Crippen molar-refractivity contribution >= 4 is 39.3 Å². The number of para-hydroxylation sites is 1. The quantitative estimate of drug-likeness (QED) is 0.404. The highest BCUT2D eigenvalue weighted by Crippen LogP contribution is 2.32. The molecule has 0 spiro atoms. The zero-order chi connectivity index (χ0) is 21.5. The van der Waals surface area contributed by atoms with Crippen molar-refractivity contribution in [3.63, 3.8) is 0 Å². The molecular weight excluding hydrogens is 391 g/mol. The number of hydrogen-bond donors (Lipinski definition) is 2. The fourth-order valence-corrected chi connectivity index (χ4v) is 3.89. The Morgan fingerprint density at radius 3 is 2.61 bits per heavy atom. The van der Waals surface area contributed by atoms with Gasteiger partial charge in [0.15, 0.2) is 5.69 Å². The molecule has 2 heterocycles. The average molecular weight is 408 g/mol. The summed E-state index contributed by atoms with van der Waals surface area (Å²) in [7, 11) is 0. The lowest BCUT2D eigenvalue weighted by atomic mass is 10.0. The fraction of sp³-hybridized carbons (Fsp3) is 0.0417. The van der Waals surface area contributed by atoms with E-state index in [2.05, 4.69) is 14.8 Å². The molecule has 31 heavy (non-hydrogen) atoms. The van der Waals surface area contributed by atoms with Crippen molar-refractivity contribution in [3.8, 4) is 11.1 Å². The normalized spacial score (nSPS) is 11.1. The number of aromatic nitrogens is 3. The number of nitrogen functional groups attached to an aromatic ring is 2. The number of fused-ring (bicyclic) bond motifs is 3. The second-order valence-corrected chi connectivity index (χ2v) is 7.24. The van der Waals surface area contributed by atoms with Crippen LogP contribution in [0.1, 0.15) is 5.56 Å². The molecule has 6 nitrogen and oxygen atoms in total. The third-order valence-electron chi connectivity index (χ3n) is 5.39. The third-order valence-corrected chi connectivity index (χ3v) is 5.39. The first kappa shape index (κ1) is 18.6. The monoisotopic (exact) mass is 408 g/mol. The van der Waals surface area contributed by atoms with Crippen LogP contribution < -0.4 is 11.5 Å². The van der Waals surface area contributed by atoms with E-state index in [1.165, 1.54) is 6.07 Å². The van der Waals surface area contributed by atoms with Crippen molar-refractivity contribution in [1.29, 1.82) is 0 Å². The first-order valence-corrected chi connectivity index (χ1v) is 9.61. The molecule has 0 atom stereocenters. The Morgan fingerprint density at radius 2 is 1.81 bits per heavy atom. The molecule has 5 aromatic rings. The number of hydrogen-bond acceptors (Lipinski definition) is 4. The molecule has 0 saturated heterocycles. The predicted molar refractivity (Wildman–Crippen MR) is 121 cm³/mol. The molecule has 0 bridgehead atoms. The molecule has 0 unspecified atom stereocenters. The van der Waals surface area contributed by atoms with Crippen LogP contribution >= 0.6 is 0 Å². The van der Waals surface area contributed by atoms with Crippen LogP contribution in [0.5, 0.6) is 0 Å². The Hall–Kier alpha value is -4.44. The Kier molecular flexibility index (Phi) is 4.26. The number of halogens is 1. The summed E-state index contributed by atoms with van der Waals surface area (Å²) >= 11 is 0. The second-order valence-electron chi connectivity index (χ2n) is 7.24. The van der Waals surface area contributed by atoms with Gasteiger partial charge in [0, 0.05) is 22.5 Å². The van der Waals surface area contributed by atoms with Crippen LogP contribution in [0.3, 0.4) is 0 Å². The van der Waals surface area contributed by atoms with Crippen molar-refractivity contribution in [3.05, 3.63) is 89.7 Å². The lowest BCUT2D eigenvalue weighted by Gasteiger charge is -2.10. The summed E-state index contributed by atoms with van der Waals surface area (Å²) in [4.78, 5) is 11.9. The zero-order valence-electron chi connectivity index (χ0n) is 16.4. The molecule has 0 aliphatic heterocycles. The van der Waals surface area contributed by atoms with E-state index < -0.39 is 0 Å². The summed E-state index contributed by atoms with van der Waals surface area (Å²) in [5.41, 5.74) is 15.8. The van der Waals surface area contributed by atoms with Crippen LogP contribution in [-0.2, 0) is 6.54 Å². The highest BCUT2D eigenvalue weighted by Gasteiger charge is 2.13. The van der Waals surface area contributed by atoms with Gasteiger partial charge in [0.25, 0.3) is 0 Å². The number of anilines is 2. The van der Waals surface area contributed by atoms with Crippen LogP contribution in [0.15, 0.2) is 66.9 Å². The SMILES string of the molecule is [C-]#[N+]c1ccccc1-c1ccc(Cn2ccc3c4nc(N)nc(N)c4ccc32)c(F)c1. The predicted octanol–water partition coefficient (Wildman–Crippen LogP) is 5.15. The lowest BCUT2D eigenvalue weighted by Crippen LogP contribution is -2.02. The minimum absolute atomic E-state index is 0.117. The van der Waals surface area contributed by atoms with E-state index in [0.717, 1.165) is 21.9 Å². The van der Waals surface area contributed by atoms with Crippen molar-refractivity contribution in [1.82, 2.24) is 14.5 Å². The van der Waals surface area contributed by atoms with Gasteiger partial charge in [0.05, 0.1) is 24.2 Å². The van der Waals surface area contributed by atoms with Gasteiger partial charge in [-0.25, -0.2) is 14.2 Å². The van der Waals surface area contributed by atoms with E-state index in [-0.39, 0.29) is 11.8 Å². The molecule has 0 aliphatic rings. The van der Waals surface area contributed by atoms with Gasteiger partial charge in [-0.3, -0.25) is 0 Å². The molecule has 0 saturated carbocycles. The summed E-state index contributed by atoms with van der Waals surface area (Å²) < 4.78 is 16.9. The van der Waals surface area contributed by atoms with Crippen LogP contribution in [0.25, 0.3) is 37.8 Å². The van der Waals surface area contributed by atoms with E-state index >= 15 is 0 Å². The van der Waals surface area contributed by atoms with E-state index in [1.807, 2.05) is 47.2 Å². The molecule has 0 fully saturated rings. The Morgan fingerprint density at radius 1 is 0.968 bits per heavy atom. The van der Waals surface area contributed by atoms with Gasteiger partial charge in [-0.2, -0.15) is 4.98 Å². The highest BCUT2D eigenvalue weighted by atomic mass is 19.1. The summed E-state index contributed by atoms with van der Waals surface area (Å²) in [6.45, 7) is 7.67. The van der Waals surface area contributed by atoms with Gasteiger partial charge in [-0.1, -0.05) is 36.4 Å². The van der Waals surface area contributed by atoms with Crippen molar-refractivity contribution < 1.29 is 4.39 Å². The Balaban J connectivity index is 1.54. The lowest BCUT2D eigenvalue weighted by molar-refractivity contribution is 0.602. The maximum Gasteiger partial charge on any atom is 0.222 e. The minimum atomic E-state index is -0.323. The maximum atomic E-state index is 15.0. The largest absolute Gasteiger partial charge is 0.383 e. The van der Waals surface area contributed by atoms with Crippen LogP contribution in [0, 0.1) is 12.4 Å². The molecular formula is C24H17FN6. The Labute approximate surface area is 177 Å². The average Bonchev–Trinajstić information content (AvgIpc) is 3.18. The van der Waals surface area contributed by atoms with Gasteiger partial charge < -0.3 is 16.0 Å². The van der Waals surface area contributed by atoms with E-state index in [9.17, 15) is 4.39 Å². The maximum absolute atomic E-state index is 15.0. The van der Waals surface area contributed by atoms with Crippen LogP contribution in [0.4, 0.5) is 21.8 Å². The summed E-state index contributed by atoms with van der Waals surface area (Å²) in [6.07, 6.45) is 1.89. The van der Waals surface area contributed by atoms with E-state index in [4.69, 9.17) is 18.0 Å². The molecule has 7 heteroatoms. The fourth-order valence-electron chi connectivity index (χ4n) is 3.89. The smallest absolute Gasteiger partial charge is 0.222 e. The highest BCUT2D eigenvalue weighted by molar-refractivity contribution is 6.07. The first-order chi connectivity index (χ1) is 15.0. The molecule has 150 valence electrons. The van der Waals surface area contributed by atoms with Gasteiger partial charge in [0.1, 0.15) is 11.6 Å². The van der Waals surface area contributed by atoms with Crippen LogP contribution in [0.2, 0.25) is 0 Å². The van der Waals surface area contributed by atoms with Gasteiger partial charge >= 0.3 is 0 Å². The standard InChI is InChI=1S/C24H17FN6/c1-28-20-5-3-2-4-16(20)14-6-7-15(19(25)12-14)13-31-11-10-17-21(31)9-8-18-22(17)29-24(27)30-23(18)26/h2-12H,13H2,(H4,26,27,29,30). The number of rotatable bonds is 3. The molecule has 3 aromatic carbocycles. The van der Waals surface area contributed by atoms with Crippen molar-refractivity contribution in [2.45, 2.75) is 6.54 Å². The third kappa shape index (κ3) is 3.11. The molecule has 0 radical (unpaired) electrons. The molecule has 0 aliphatic carbocycles. The second kappa shape index (κ2) is 7.11. The zero-order valence-corrected chi connectivity index (χ0v) is 16.4.